The van der Waals surface area contributed by atoms with Crippen LogP contribution in [0.1, 0.15) is 48.3 Å². The van der Waals surface area contributed by atoms with Crippen LogP contribution in [0.2, 0.25) is 0 Å². The lowest BCUT2D eigenvalue weighted by atomic mass is 9.81. The fraction of sp³-hybridized carbons (Fsp3) is 0.500. The second kappa shape index (κ2) is 10.6. The molecule has 2 aromatic carbocycles. The van der Waals surface area contributed by atoms with Crippen LogP contribution in [0.3, 0.4) is 0 Å². The zero-order chi connectivity index (χ0) is 20.6. The smallest absolute Gasteiger partial charge is 0.165 e. The maximum atomic E-state index is 13.5. The van der Waals surface area contributed by atoms with Crippen LogP contribution in [0.4, 0.5) is 4.39 Å². The number of aryl methyl sites for hydroxylation is 1. The van der Waals surface area contributed by atoms with Gasteiger partial charge in [-0.1, -0.05) is 24.6 Å². The molecule has 5 heteroatoms. The van der Waals surface area contributed by atoms with Gasteiger partial charge in [-0.25, -0.2) is 4.39 Å². The number of benzene rings is 2. The van der Waals surface area contributed by atoms with Gasteiger partial charge in [0, 0.05) is 12.7 Å². The molecule has 4 nitrogen and oxygen atoms in total. The lowest BCUT2D eigenvalue weighted by molar-refractivity contribution is 0.233. The van der Waals surface area contributed by atoms with Crippen molar-refractivity contribution in [1.82, 2.24) is 0 Å². The van der Waals surface area contributed by atoms with Crippen LogP contribution in [-0.4, -0.2) is 32.0 Å². The molecular formula is C24H32FNO3. The molecule has 158 valence electrons. The van der Waals surface area contributed by atoms with Crippen molar-refractivity contribution in [2.45, 2.75) is 44.4 Å². The predicted octanol–water partition coefficient (Wildman–Crippen LogP) is 4.22. The van der Waals surface area contributed by atoms with Gasteiger partial charge in [0.15, 0.2) is 11.6 Å². The van der Waals surface area contributed by atoms with E-state index in [0.717, 1.165) is 38.5 Å². The van der Waals surface area contributed by atoms with Crippen molar-refractivity contribution < 1.29 is 19.0 Å². The van der Waals surface area contributed by atoms with Gasteiger partial charge in [0.2, 0.25) is 0 Å². The molecule has 29 heavy (non-hydrogen) atoms. The van der Waals surface area contributed by atoms with E-state index in [1.54, 1.807) is 12.1 Å². The number of methoxy groups -OCH3 is 1. The number of hydrogen-bond donors (Lipinski definition) is 2. The van der Waals surface area contributed by atoms with E-state index in [9.17, 15) is 4.39 Å². The number of aliphatic hydroxyl groups excluding tert-OH is 1. The summed E-state index contributed by atoms with van der Waals surface area (Å²) in [6, 6.07) is 11.4. The zero-order valence-electron chi connectivity index (χ0n) is 17.2. The summed E-state index contributed by atoms with van der Waals surface area (Å²) in [5.41, 5.74) is 10.1. The first kappa shape index (κ1) is 21.6. The Morgan fingerprint density at radius 2 is 2.03 bits per heavy atom. The monoisotopic (exact) mass is 401 g/mol. The van der Waals surface area contributed by atoms with Crippen molar-refractivity contribution in [3.63, 3.8) is 0 Å². The molecule has 0 radical (unpaired) electrons. The van der Waals surface area contributed by atoms with Crippen molar-refractivity contribution in [2.24, 2.45) is 11.7 Å². The quantitative estimate of drug-likeness (QED) is 0.585. The van der Waals surface area contributed by atoms with Gasteiger partial charge in [-0.2, -0.15) is 0 Å². The molecule has 0 spiro atoms. The maximum Gasteiger partial charge on any atom is 0.165 e. The van der Waals surface area contributed by atoms with Gasteiger partial charge in [-0.05, 0) is 79.3 Å². The molecule has 0 saturated heterocycles. The third-order valence-electron chi connectivity index (χ3n) is 5.89. The molecule has 0 aliphatic heterocycles. The minimum atomic E-state index is -0.380. The number of aliphatic hydroxyl groups is 1. The van der Waals surface area contributed by atoms with Crippen molar-refractivity contribution in [3.05, 3.63) is 58.9 Å². The molecule has 0 unspecified atom stereocenters. The molecule has 0 bridgehead atoms. The molecule has 1 aliphatic carbocycles. The number of fused-ring (bicyclic) bond motifs is 1. The second-order valence-electron chi connectivity index (χ2n) is 7.90. The summed E-state index contributed by atoms with van der Waals surface area (Å²) in [6.07, 6.45) is 5.97. The highest BCUT2D eigenvalue weighted by Crippen LogP contribution is 2.31. The third kappa shape index (κ3) is 5.71. The molecule has 0 amide bonds. The molecule has 1 aliphatic rings. The predicted molar refractivity (Wildman–Crippen MR) is 113 cm³/mol. The van der Waals surface area contributed by atoms with Crippen molar-refractivity contribution in [1.29, 1.82) is 0 Å². The van der Waals surface area contributed by atoms with Gasteiger partial charge in [0.1, 0.15) is 5.75 Å². The summed E-state index contributed by atoms with van der Waals surface area (Å²) in [7, 11) is 1.45. The van der Waals surface area contributed by atoms with Crippen LogP contribution in [0.15, 0.2) is 36.4 Å². The number of ether oxygens (including phenoxy) is 2. The normalized spacial score (nSPS) is 16.9. The summed E-state index contributed by atoms with van der Waals surface area (Å²) in [5, 5.41) is 9.00. The number of rotatable bonds is 10. The average Bonchev–Trinajstić information content (AvgIpc) is 2.76. The van der Waals surface area contributed by atoms with Gasteiger partial charge < -0.3 is 20.3 Å². The van der Waals surface area contributed by atoms with E-state index in [2.05, 4.69) is 18.2 Å². The standard InChI is InChI=1S/C24H32FNO3/c1-28-24-14-22(9-10-23(24)25)29-16-17-5-6-19-13-20(8-7-18(19)12-17)21(15-26)4-2-3-11-27/h7-10,13-14,17,21,27H,2-6,11-12,15-16,26H2,1H3/t17-,21+/m1/s1. The molecule has 2 aromatic rings. The molecule has 2 atom stereocenters. The highest BCUT2D eigenvalue weighted by molar-refractivity contribution is 5.37. The molecule has 0 heterocycles. The topological polar surface area (TPSA) is 64.7 Å². The first-order valence-corrected chi connectivity index (χ1v) is 10.5. The Hall–Kier alpha value is -2.11. The number of nitrogens with two attached hydrogens (primary N) is 1. The highest BCUT2D eigenvalue weighted by Gasteiger charge is 2.21. The van der Waals surface area contributed by atoms with E-state index in [-0.39, 0.29) is 18.2 Å². The van der Waals surface area contributed by atoms with E-state index < -0.39 is 0 Å². The lowest BCUT2D eigenvalue weighted by Gasteiger charge is -2.26. The van der Waals surface area contributed by atoms with Gasteiger partial charge in [0.25, 0.3) is 0 Å². The summed E-state index contributed by atoms with van der Waals surface area (Å²) in [5.74, 6) is 1.27. The summed E-state index contributed by atoms with van der Waals surface area (Å²) in [6.45, 7) is 1.50. The van der Waals surface area contributed by atoms with Crippen LogP contribution < -0.4 is 15.2 Å². The fourth-order valence-electron chi connectivity index (χ4n) is 4.11. The lowest BCUT2D eigenvalue weighted by Crippen LogP contribution is -2.21. The molecule has 0 aromatic heterocycles. The molecular weight excluding hydrogens is 369 g/mol. The summed E-state index contributed by atoms with van der Waals surface area (Å²) < 4.78 is 24.5. The largest absolute Gasteiger partial charge is 0.494 e. The number of hydrogen-bond acceptors (Lipinski definition) is 4. The van der Waals surface area contributed by atoms with Crippen molar-refractivity contribution >= 4 is 0 Å². The maximum absolute atomic E-state index is 13.5. The molecule has 0 saturated carbocycles. The third-order valence-corrected chi connectivity index (χ3v) is 5.89. The van der Waals surface area contributed by atoms with Crippen LogP contribution in [0, 0.1) is 11.7 Å². The Balaban J connectivity index is 1.58. The molecule has 3 N–H and O–H groups in total. The summed E-state index contributed by atoms with van der Waals surface area (Å²) >= 11 is 0. The van der Waals surface area contributed by atoms with Crippen molar-refractivity contribution in [2.75, 3.05) is 26.9 Å². The van der Waals surface area contributed by atoms with Crippen LogP contribution in [0.5, 0.6) is 11.5 Å². The molecule has 0 fully saturated rings. The Labute approximate surface area is 172 Å². The fourth-order valence-corrected chi connectivity index (χ4v) is 4.11. The average molecular weight is 402 g/mol. The van der Waals surface area contributed by atoms with Gasteiger partial charge in [-0.15, -0.1) is 0 Å². The zero-order valence-corrected chi connectivity index (χ0v) is 17.2. The first-order valence-electron chi connectivity index (χ1n) is 10.5. The first-order chi connectivity index (χ1) is 14.1. The van der Waals surface area contributed by atoms with E-state index in [1.807, 2.05) is 0 Å². The Bertz CT molecular complexity index is 796. The SMILES string of the molecule is COc1cc(OC[C@@H]2CCc3cc([C@H](CN)CCCCO)ccc3C2)ccc1F. The van der Waals surface area contributed by atoms with E-state index >= 15 is 0 Å². The van der Waals surface area contributed by atoms with E-state index in [1.165, 1.54) is 29.9 Å². The van der Waals surface area contributed by atoms with Crippen LogP contribution >= 0.6 is 0 Å². The van der Waals surface area contributed by atoms with Crippen LogP contribution in [0.25, 0.3) is 0 Å². The van der Waals surface area contributed by atoms with Gasteiger partial charge in [-0.3, -0.25) is 0 Å². The highest BCUT2D eigenvalue weighted by atomic mass is 19.1. The Morgan fingerprint density at radius 3 is 2.79 bits per heavy atom. The Morgan fingerprint density at radius 1 is 1.17 bits per heavy atom. The Kier molecular flexibility index (Phi) is 7.90. The summed E-state index contributed by atoms with van der Waals surface area (Å²) in [4.78, 5) is 0. The van der Waals surface area contributed by atoms with E-state index in [0.29, 0.717) is 30.7 Å². The number of halogens is 1. The molecule has 3 rings (SSSR count). The van der Waals surface area contributed by atoms with Crippen molar-refractivity contribution in [3.8, 4) is 11.5 Å². The van der Waals surface area contributed by atoms with Gasteiger partial charge in [0.05, 0.1) is 13.7 Å². The van der Waals surface area contributed by atoms with E-state index in [4.69, 9.17) is 20.3 Å². The van der Waals surface area contributed by atoms with Crippen LogP contribution in [-0.2, 0) is 12.8 Å². The number of unbranched alkanes of at least 4 members (excludes halogenated alkanes) is 1. The minimum absolute atomic E-state index is 0.206. The minimum Gasteiger partial charge on any atom is -0.494 e. The van der Waals surface area contributed by atoms with Gasteiger partial charge >= 0.3 is 0 Å². The second-order valence-corrected chi connectivity index (χ2v) is 7.90.